The predicted octanol–water partition coefficient (Wildman–Crippen LogP) is 1.63. The Morgan fingerprint density at radius 1 is 1.33 bits per heavy atom. The summed E-state index contributed by atoms with van der Waals surface area (Å²) in [6.07, 6.45) is 5.63. The molecule has 1 aromatic carbocycles. The molecule has 4 heteroatoms. The average molecular weight is 200 g/mol. The molecule has 0 aliphatic carbocycles. The zero-order valence-corrected chi connectivity index (χ0v) is 8.35. The molecule has 0 amide bonds. The van der Waals surface area contributed by atoms with Gasteiger partial charge in [0, 0.05) is 6.54 Å². The lowest BCUT2D eigenvalue weighted by molar-refractivity contribution is 0.812. The van der Waals surface area contributed by atoms with Gasteiger partial charge in [-0.05, 0) is 24.5 Å². The van der Waals surface area contributed by atoms with Crippen LogP contribution in [0.25, 0.3) is 5.69 Å². The van der Waals surface area contributed by atoms with Crippen LogP contribution in [0, 0.1) is 0 Å². The van der Waals surface area contributed by atoms with Crippen molar-refractivity contribution in [3.63, 3.8) is 0 Å². The summed E-state index contributed by atoms with van der Waals surface area (Å²) in [4.78, 5) is 3.97. The van der Waals surface area contributed by atoms with Gasteiger partial charge in [0.15, 0.2) is 0 Å². The summed E-state index contributed by atoms with van der Waals surface area (Å²) in [5, 5.41) is 7.59. The van der Waals surface area contributed by atoms with Crippen molar-refractivity contribution in [2.45, 2.75) is 12.8 Å². The summed E-state index contributed by atoms with van der Waals surface area (Å²) in [7, 11) is 0. The molecule has 0 atom stereocenters. The van der Waals surface area contributed by atoms with E-state index in [4.69, 9.17) is 0 Å². The number of aryl methyl sites for hydroxylation is 1. The van der Waals surface area contributed by atoms with Gasteiger partial charge in [-0.2, -0.15) is 5.10 Å². The highest BCUT2D eigenvalue weighted by Gasteiger charge is 2.13. The van der Waals surface area contributed by atoms with Gasteiger partial charge in [0.2, 0.25) is 0 Å². The van der Waals surface area contributed by atoms with Gasteiger partial charge in [-0.3, -0.25) is 0 Å². The van der Waals surface area contributed by atoms with Gasteiger partial charge < -0.3 is 5.32 Å². The molecular formula is C11H12N4. The summed E-state index contributed by atoms with van der Waals surface area (Å²) in [5.41, 5.74) is 3.66. The number of benzene rings is 1. The standard InChI is InChI=1S/C11H12N4/c1-3-9-4-2-6-13-11(9)10(5-1)15-8-12-7-14-15/h1,3,5,7-8,13H,2,4,6H2. The molecular weight excluding hydrogens is 188 g/mol. The van der Waals surface area contributed by atoms with Gasteiger partial charge in [-0.25, -0.2) is 9.67 Å². The summed E-state index contributed by atoms with van der Waals surface area (Å²) >= 11 is 0. The number of rotatable bonds is 1. The number of anilines is 1. The molecule has 0 bridgehead atoms. The van der Waals surface area contributed by atoms with Crippen molar-refractivity contribution < 1.29 is 0 Å². The summed E-state index contributed by atoms with van der Waals surface area (Å²) in [6.45, 7) is 1.04. The van der Waals surface area contributed by atoms with Crippen LogP contribution in [-0.2, 0) is 6.42 Å². The Balaban J connectivity index is 2.15. The molecule has 1 aromatic heterocycles. The van der Waals surface area contributed by atoms with Crippen LogP contribution in [0.15, 0.2) is 30.9 Å². The van der Waals surface area contributed by atoms with Gasteiger partial charge >= 0.3 is 0 Å². The minimum Gasteiger partial charge on any atom is -0.383 e. The highest BCUT2D eigenvalue weighted by Crippen LogP contribution is 2.27. The first kappa shape index (κ1) is 8.47. The van der Waals surface area contributed by atoms with Crippen LogP contribution in [0.4, 0.5) is 5.69 Å². The lowest BCUT2D eigenvalue weighted by atomic mass is 10.0. The largest absolute Gasteiger partial charge is 0.383 e. The monoisotopic (exact) mass is 200 g/mol. The van der Waals surface area contributed by atoms with E-state index in [2.05, 4.69) is 33.6 Å². The van der Waals surface area contributed by atoms with Crippen molar-refractivity contribution in [1.82, 2.24) is 14.8 Å². The fourth-order valence-corrected chi connectivity index (χ4v) is 2.01. The number of aromatic nitrogens is 3. The van der Waals surface area contributed by atoms with E-state index in [0.29, 0.717) is 0 Å². The topological polar surface area (TPSA) is 42.7 Å². The van der Waals surface area contributed by atoms with E-state index >= 15 is 0 Å². The molecule has 76 valence electrons. The Hall–Kier alpha value is -1.84. The molecule has 1 N–H and O–H groups in total. The van der Waals surface area contributed by atoms with Crippen LogP contribution < -0.4 is 5.32 Å². The molecule has 4 nitrogen and oxygen atoms in total. The molecule has 0 fully saturated rings. The van der Waals surface area contributed by atoms with Gasteiger partial charge in [0.05, 0.1) is 11.4 Å². The minimum absolute atomic E-state index is 1.04. The van der Waals surface area contributed by atoms with E-state index in [1.165, 1.54) is 17.7 Å². The normalized spacial score (nSPS) is 14.4. The van der Waals surface area contributed by atoms with Crippen LogP contribution >= 0.6 is 0 Å². The van der Waals surface area contributed by atoms with Crippen molar-refractivity contribution in [2.24, 2.45) is 0 Å². The highest BCUT2D eigenvalue weighted by atomic mass is 15.3. The molecule has 15 heavy (non-hydrogen) atoms. The Morgan fingerprint density at radius 2 is 2.33 bits per heavy atom. The maximum atomic E-state index is 4.16. The molecule has 3 rings (SSSR count). The van der Waals surface area contributed by atoms with Crippen molar-refractivity contribution in [2.75, 3.05) is 11.9 Å². The fourth-order valence-electron chi connectivity index (χ4n) is 2.01. The first-order valence-electron chi connectivity index (χ1n) is 5.16. The van der Waals surface area contributed by atoms with E-state index in [1.54, 1.807) is 17.3 Å². The molecule has 2 aromatic rings. The molecule has 0 radical (unpaired) electrons. The minimum atomic E-state index is 1.04. The Kier molecular flexibility index (Phi) is 1.91. The number of fused-ring (bicyclic) bond motifs is 1. The van der Waals surface area contributed by atoms with Gasteiger partial charge in [0.1, 0.15) is 12.7 Å². The van der Waals surface area contributed by atoms with Crippen LogP contribution in [0.3, 0.4) is 0 Å². The second-order valence-electron chi connectivity index (χ2n) is 3.68. The molecule has 0 saturated carbocycles. The maximum Gasteiger partial charge on any atom is 0.138 e. The van der Waals surface area contributed by atoms with Crippen molar-refractivity contribution in [3.05, 3.63) is 36.4 Å². The van der Waals surface area contributed by atoms with E-state index < -0.39 is 0 Å². The van der Waals surface area contributed by atoms with Crippen molar-refractivity contribution >= 4 is 5.69 Å². The van der Waals surface area contributed by atoms with E-state index in [0.717, 1.165) is 18.7 Å². The van der Waals surface area contributed by atoms with Gasteiger partial charge in [-0.1, -0.05) is 12.1 Å². The Morgan fingerprint density at radius 3 is 3.20 bits per heavy atom. The number of hydrogen-bond acceptors (Lipinski definition) is 3. The fraction of sp³-hybridized carbons (Fsp3) is 0.273. The van der Waals surface area contributed by atoms with E-state index in [9.17, 15) is 0 Å². The maximum absolute atomic E-state index is 4.16. The molecule has 0 unspecified atom stereocenters. The third kappa shape index (κ3) is 1.38. The number of hydrogen-bond donors (Lipinski definition) is 1. The smallest absolute Gasteiger partial charge is 0.138 e. The SMILES string of the molecule is c1cc2c(c(-n3cncn3)c1)NCCC2. The second-order valence-corrected chi connectivity index (χ2v) is 3.68. The van der Waals surface area contributed by atoms with Gasteiger partial charge in [0.25, 0.3) is 0 Å². The van der Waals surface area contributed by atoms with Crippen LogP contribution in [-0.4, -0.2) is 21.3 Å². The number of para-hydroxylation sites is 1. The number of nitrogens with one attached hydrogen (secondary N) is 1. The molecule has 0 spiro atoms. The van der Waals surface area contributed by atoms with E-state index in [-0.39, 0.29) is 0 Å². The first-order chi connectivity index (χ1) is 7.45. The molecule has 1 aliphatic heterocycles. The molecule has 0 saturated heterocycles. The Bertz CT molecular complexity index is 461. The van der Waals surface area contributed by atoms with E-state index in [1.807, 2.05) is 0 Å². The quantitative estimate of drug-likeness (QED) is 0.760. The van der Waals surface area contributed by atoms with Crippen LogP contribution in [0.2, 0.25) is 0 Å². The zero-order chi connectivity index (χ0) is 10.1. The number of nitrogens with zero attached hydrogens (tertiary/aromatic N) is 3. The predicted molar refractivity (Wildman–Crippen MR) is 58.2 cm³/mol. The van der Waals surface area contributed by atoms with Crippen molar-refractivity contribution in [3.8, 4) is 5.69 Å². The lowest BCUT2D eigenvalue weighted by Gasteiger charge is -2.20. The highest BCUT2D eigenvalue weighted by molar-refractivity contribution is 5.66. The third-order valence-corrected chi connectivity index (χ3v) is 2.72. The summed E-state index contributed by atoms with van der Waals surface area (Å²) in [6, 6.07) is 6.30. The van der Waals surface area contributed by atoms with Gasteiger partial charge in [-0.15, -0.1) is 0 Å². The van der Waals surface area contributed by atoms with Crippen molar-refractivity contribution in [1.29, 1.82) is 0 Å². The lowest BCUT2D eigenvalue weighted by Crippen LogP contribution is -2.14. The van der Waals surface area contributed by atoms with Crippen LogP contribution in [0.1, 0.15) is 12.0 Å². The second kappa shape index (κ2) is 3.38. The average Bonchev–Trinajstić information content (AvgIpc) is 2.82. The van der Waals surface area contributed by atoms with Crippen LogP contribution in [0.5, 0.6) is 0 Å². The third-order valence-electron chi connectivity index (χ3n) is 2.72. The Labute approximate surface area is 88.0 Å². The summed E-state index contributed by atoms with van der Waals surface area (Å²) < 4.78 is 1.80. The summed E-state index contributed by atoms with van der Waals surface area (Å²) in [5.74, 6) is 0. The zero-order valence-electron chi connectivity index (χ0n) is 8.35. The molecule has 1 aliphatic rings. The molecule has 2 heterocycles. The first-order valence-corrected chi connectivity index (χ1v) is 5.16.